The second-order valence-electron chi connectivity index (χ2n) is 11.1. The van der Waals surface area contributed by atoms with Gasteiger partial charge in [0.05, 0.1) is 7.11 Å². The van der Waals surface area contributed by atoms with Crippen LogP contribution < -0.4 is 21.7 Å². The molecular weight excluding hydrogens is 564 g/mol. The minimum absolute atomic E-state index is 0.224. The van der Waals surface area contributed by atoms with Crippen LogP contribution in [0, 0.1) is 17.3 Å². The van der Waals surface area contributed by atoms with Gasteiger partial charge in [0.2, 0.25) is 11.8 Å². The summed E-state index contributed by atoms with van der Waals surface area (Å²) in [5.74, 6) is 4.64. The van der Waals surface area contributed by atoms with Crippen LogP contribution in [0.25, 0.3) is 0 Å². The fourth-order valence-corrected chi connectivity index (χ4v) is 3.81. The lowest BCUT2D eigenvalue weighted by atomic mass is 9.86. The van der Waals surface area contributed by atoms with Crippen molar-refractivity contribution in [3.63, 3.8) is 0 Å². The van der Waals surface area contributed by atoms with Crippen LogP contribution in [0.5, 0.6) is 0 Å². The minimum Gasteiger partial charge on any atom is -0.490 e. The van der Waals surface area contributed by atoms with E-state index < -0.39 is 35.5 Å². The number of rotatable bonds is 16. The smallest absolute Gasteiger partial charge is 0.407 e. The van der Waals surface area contributed by atoms with Crippen LogP contribution in [-0.2, 0) is 28.6 Å². The molecule has 3 amide bonds. The van der Waals surface area contributed by atoms with E-state index >= 15 is 0 Å². The number of allylic oxidation sites excluding steroid dienone is 4. The van der Waals surface area contributed by atoms with Crippen molar-refractivity contribution in [1.82, 2.24) is 16.0 Å². The van der Waals surface area contributed by atoms with Crippen LogP contribution >= 0.6 is 0 Å². The van der Waals surface area contributed by atoms with Crippen LogP contribution in [0.15, 0.2) is 60.1 Å². The molecule has 11 heteroatoms. The van der Waals surface area contributed by atoms with Gasteiger partial charge in [0.15, 0.2) is 5.76 Å². The van der Waals surface area contributed by atoms with Crippen LogP contribution in [0.4, 0.5) is 4.79 Å². The zero-order valence-corrected chi connectivity index (χ0v) is 26.7. The van der Waals surface area contributed by atoms with E-state index in [0.29, 0.717) is 45.2 Å². The highest BCUT2D eigenvalue weighted by Gasteiger charge is 2.32. The van der Waals surface area contributed by atoms with E-state index in [1.165, 1.54) is 19.4 Å². The predicted molar refractivity (Wildman–Crippen MR) is 170 cm³/mol. The van der Waals surface area contributed by atoms with Crippen molar-refractivity contribution in [2.75, 3.05) is 20.2 Å². The molecule has 0 radical (unpaired) electrons. The van der Waals surface area contributed by atoms with Crippen molar-refractivity contribution < 1.29 is 33.4 Å². The number of cyclic esters (lactones) is 1. The Balaban J connectivity index is 2.64. The van der Waals surface area contributed by atoms with Gasteiger partial charge in [-0.2, -0.15) is 0 Å². The van der Waals surface area contributed by atoms with Crippen molar-refractivity contribution in [2.45, 2.75) is 85.0 Å². The van der Waals surface area contributed by atoms with Gasteiger partial charge >= 0.3 is 12.1 Å². The summed E-state index contributed by atoms with van der Waals surface area (Å²) in [4.78, 5) is 49.3. The largest absolute Gasteiger partial charge is 0.490 e. The lowest BCUT2D eigenvalue weighted by Gasteiger charge is -2.29. The Bertz CT molecular complexity index is 1180. The predicted octanol–water partition coefficient (Wildman–Crippen LogP) is 3.69. The lowest BCUT2D eigenvalue weighted by Crippen LogP contribution is -2.52. The quantitative estimate of drug-likeness (QED) is 0.0676. The molecule has 3 atom stereocenters. The molecular formula is C33H48N4O7. The molecule has 44 heavy (non-hydrogen) atoms. The average Bonchev–Trinajstić information content (AvgIpc) is 2.97. The van der Waals surface area contributed by atoms with Crippen molar-refractivity contribution in [1.29, 1.82) is 0 Å². The standard InChI is InChI=1S/C33H48N4O7/c1-7-8-14-25(44-32(41)36-23-12-21-34)15-11-22-35-30(39)29(33(3,4)5)37-28(38)16-10-9-13-24(2)17-18-26-19-20-27(42-6)31(40)43-26/h9-11,13,16-17,20,22,25-26,29H,12,14-15,18-19,21,23,34H2,1-6H3,(H,35,39)(H,36,41)(H,37,38)/b13-9-,16-10-,22-11-,24-17+. The molecule has 1 rings (SSSR count). The number of esters is 1. The summed E-state index contributed by atoms with van der Waals surface area (Å²) < 4.78 is 15.7. The molecule has 0 spiro atoms. The molecule has 0 aromatic heterocycles. The van der Waals surface area contributed by atoms with Crippen molar-refractivity contribution in [3.8, 4) is 11.8 Å². The molecule has 1 aliphatic rings. The van der Waals surface area contributed by atoms with Gasteiger partial charge in [-0.05, 0) is 44.5 Å². The van der Waals surface area contributed by atoms with Gasteiger partial charge in [-0.15, -0.1) is 5.92 Å². The molecule has 0 bridgehead atoms. The second-order valence-corrected chi connectivity index (χ2v) is 11.1. The second kappa shape index (κ2) is 20.6. The number of carbonyl (C=O) groups is 4. The molecule has 3 unspecified atom stereocenters. The number of nitrogens with two attached hydrogens (primary N) is 1. The van der Waals surface area contributed by atoms with Gasteiger partial charge < -0.3 is 35.9 Å². The zero-order valence-electron chi connectivity index (χ0n) is 26.7. The van der Waals surface area contributed by atoms with Crippen molar-refractivity contribution >= 4 is 23.9 Å². The Morgan fingerprint density at radius 1 is 1.23 bits per heavy atom. The van der Waals surface area contributed by atoms with E-state index in [4.69, 9.17) is 19.9 Å². The van der Waals surface area contributed by atoms with E-state index in [1.54, 1.807) is 31.2 Å². The number of ether oxygens (including phenoxy) is 3. The van der Waals surface area contributed by atoms with Crippen LogP contribution in [0.1, 0.15) is 66.7 Å². The van der Waals surface area contributed by atoms with Gasteiger partial charge in [0, 0.05) is 38.3 Å². The molecule has 0 saturated carbocycles. The van der Waals surface area contributed by atoms with E-state index in [-0.39, 0.29) is 17.8 Å². The summed E-state index contributed by atoms with van der Waals surface area (Å²) >= 11 is 0. The third kappa shape index (κ3) is 15.8. The maximum atomic E-state index is 13.0. The van der Waals surface area contributed by atoms with Crippen LogP contribution in [-0.4, -0.2) is 62.3 Å². The van der Waals surface area contributed by atoms with Gasteiger partial charge in [-0.25, -0.2) is 9.59 Å². The molecule has 242 valence electrons. The highest BCUT2D eigenvalue weighted by atomic mass is 16.6. The summed E-state index contributed by atoms with van der Waals surface area (Å²) in [5, 5.41) is 8.11. The fourth-order valence-electron chi connectivity index (χ4n) is 3.81. The van der Waals surface area contributed by atoms with Crippen LogP contribution in [0.3, 0.4) is 0 Å². The van der Waals surface area contributed by atoms with Gasteiger partial charge in [0.25, 0.3) is 0 Å². The van der Waals surface area contributed by atoms with Gasteiger partial charge in [-0.1, -0.05) is 62.6 Å². The van der Waals surface area contributed by atoms with Gasteiger partial charge in [-0.3, -0.25) is 9.59 Å². The van der Waals surface area contributed by atoms with Crippen LogP contribution in [0.2, 0.25) is 0 Å². The third-order valence-corrected chi connectivity index (χ3v) is 6.27. The minimum atomic E-state index is -0.813. The SMILES string of the molecule is CC#CCC(C/C=C\NC(=O)C(NC(=O)\C=C/C=C\C(C)=C\CC1CC=C(OC)C(=O)O1)C(C)(C)C)OC(=O)NCCCN. The first-order valence-electron chi connectivity index (χ1n) is 14.7. The average molecular weight is 613 g/mol. The maximum absolute atomic E-state index is 13.0. The number of amides is 3. The highest BCUT2D eigenvalue weighted by molar-refractivity contribution is 5.93. The number of methoxy groups -OCH3 is 1. The Morgan fingerprint density at radius 2 is 1.95 bits per heavy atom. The topological polar surface area (TPSA) is 158 Å². The molecule has 5 N–H and O–H groups in total. The first-order valence-corrected chi connectivity index (χ1v) is 14.7. The number of carbonyl (C=O) groups excluding carboxylic acids is 4. The summed E-state index contributed by atoms with van der Waals surface area (Å²) in [5.41, 5.74) is 5.81. The van der Waals surface area contributed by atoms with E-state index in [1.807, 2.05) is 39.8 Å². The maximum Gasteiger partial charge on any atom is 0.407 e. The molecule has 0 aliphatic carbocycles. The third-order valence-electron chi connectivity index (χ3n) is 6.27. The van der Waals surface area contributed by atoms with Crippen molar-refractivity contribution in [2.24, 2.45) is 11.1 Å². The first-order chi connectivity index (χ1) is 20.9. The monoisotopic (exact) mass is 612 g/mol. The molecule has 0 aromatic rings. The van der Waals surface area contributed by atoms with E-state index in [2.05, 4.69) is 27.8 Å². The summed E-state index contributed by atoms with van der Waals surface area (Å²) in [6, 6.07) is -0.813. The van der Waals surface area contributed by atoms with Gasteiger partial charge in [0.1, 0.15) is 18.2 Å². The number of hydrogen-bond donors (Lipinski definition) is 4. The van der Waals surface area contributed by atoms with E-state index in [9.17, 15) is 19.2 Å². The Kier molecular flexibility index (Phi) is 17.6. The molecule has 1 aliphatic heterocycles. The Labute approximate surface area is 261 Å². The Morgan fingerprint density at radius 3 is 2.59 bits per heavy atom. The van der Waals surface area contributed by atoms with E-state index in [0.717, 1.165) is 5.57 Å². The zero-order chi connectivity index (χ0) is 33.0. The molecule has 11 nitrogen and oxygen atoms in total. The summed E-state index contributed by atoms with van der Waals surface area (Å²) in [6.07, 6.45) is 14.5. The normalized spacial score (nSPS) is 16.9. The number of hydrogen-bond acceptors (Lipinski definition) is 8. The number of nitrogens with one attached hydrogen (secondary N) is 3. The molecule has 0 fully saturated rings. The molecule has 0 saturated heterocycles. The molecule has 1 heterocycles. The lowest BCUT2D eigenvalue weighted by molar-refractivity contribution is -0.149. The Hall–Kier alpha value is -4.30. The fraction of sp³-hybridized carbons (Fsp3) is 0.515. The highest BCUT2D eigenvalue weighted by Crippen LogP contribution is 2.20. The number of alkyl carbamates (subject to hydrolysis) is 1. The summed E-state index contributed by atoms with van der Waals surface area (Å²) in [6.45, 7) is 10.1. The first kappa shape index (κ1) is 37.7. The van der Waals surface area contributed by atoms with Crippen molar-refractivity contribution in [3.05, 3.63) is 60.1 Å². The summed E-state index contributed by atoms with van der Waals surface area (Å²) in [7, 11) is 1.43. The molecule has 0 aromatic carbocycles.